The summed E-state index contributed by atoms with van der Waals surface area (Å²) in [6.07, 6.45) is 1.71. The molecule has 0 amide bonds. The van der Waals surface area contributed by atoms with Crippen molar-refractivity contribution in [2.75, 3.05) is 0 Å². The monoisotopic (exact) mass is 187 g/mol. The maximum absolute atomic E-state index is 10.7. The molecule has 0 fully saturated rings. The highest BCUT2D eigenvalue weighted by Gasteiger charge is 1.96. The van der Waals surface area contributed by atoms with Gasteiger partial charge in [0.05, 0.1) is 5.52 Å². The Bertz CT molecular complexity index is 453. The molecule has 0 aliphatic rings. The summed E-state index contributed by atoms with van der Waals surface area (Å²) in [5, 5.41) is 0. The molecule has 0 bridgehead atoms. The fraction of sp³-hybridized carbons (Fsp3) is 0.143. The number of fused-ring (bicyclic) bond motifs is 1. The topological polar surface area (TPSA) is 61.5 Å². The lowest BCUT2D eigenvalue weighted by Crippen LogP contribution is -1.99. The van der Waals surface area contributed by atoms with Crippen LogP contribution in [0.1, 0.15) is 8.42 Å². The van der Waals surface area contributed by atoms with Gasteiger partial charge in [-0.15, -0.1) is 0 Å². The highest BCUT2D eigenvalue weighted by Crippen LogP contribution is 2.04. The molecule has 0 aliphatic carbocycles. The Morgan fingerprint density at radius 2 is 2.25 bits per heavy atom. The molecule has 0 unspecified atom stereocenters. The largest absolute Gasteiger partial charge is 0.325 e. The highest BCUT2D eigenvalue weighted by atomic mass is 32.1. The number of nitrogens with one attached hydrogen (secondary N) is 2. The zero-order valence-electron chi connectivity index (χ0n) is 6.51. The third kappa shape index (κ3) is 1.35. The van der Waals surface area contributed by atoms with Crippen LogP contribution in [0.25, 0.3) is 11.2 Å². The SMILES string of the molecule is Cc1cnc2[nH]c(=O)[nH]c2c1.S.[HH].[HH]. The normalized spacial score (nSPS) is 9.75. The molecule has 0 aromatic carbocycles. The molecule has 68 valence electrons. The van der Waals surface area contributed by atoms with Gasteiger partial charge in [0.25, 0.3) is 0 Å². The van der Waals surface area contributed by atoms with Crippen LogP contribution in [0.5, 0.6) is 0 Å². The van der Waals surface area contributed by atoms with Crippen molar-refractivity contribution in [3.63, 3.8) is 0 Å². The molecule has 12 heavy (non-hydrogen) atoms. The Kier molecular flexibility index (Phi) is 2.23. The Morgan fingerprint density at radius 1 is 1.50 bits per heavy atom. The summed E-state index contributed by atoms with van der Waals surface area (Å²) in [6.45, 7) is 1.93. The van der Waals surface area contributed by atoms with Crippen molar-refractivity contribution in [2.45, 2.75) is 6.92 Å². The van der Waals surface area contributed by atoms with Crippen LogP contribution in [0.15, 0.2) is 17.1 Å². The second-order valence-electron chi connectivity index (χ2n) is 2.49. The zero-order valence-corrected chi connectivity index (χ0v) is 7.51. The Labute approximate surface area is 78.5 Å². The molecule has 2 aromatic heterocycles. The molecule has 0 spiro atoms. The van der Waals surface area contributed by atoms with Gasteiger partial charge in [-0.2, -0.15) is 13.5 Å². The van der Waals surface area contributed by atoms with Crippen LogP contribution in [-0.2, 0) is 0 Å². The molecular weight excluding hydrogens is 174 g/mol. The fourth-order valence-corrected chi connectivity index (χ4v) is 1.03. The number of aromatic amines is 2. The fourth-order valence-electron chi connectivity index (χ4n) is 1.03. The smallest absolute Gasteiger partial charge is 0.304 e. The van der Waals surface area contributed by atoms with Gasteiger partial charge in [-0.3, -0.25) is 4.98 Å². The summed E-state index contributed by atoms with van der Waals surface area (Å²) in [5.74, 6) is 0. The van der Waals surface area contributed by atoms with E-state index in [0.29, 0.717) is 5.65 Å². The summed E-state index contributed by atoms with van der Waals surface area (Å²) in [6, 6.07) is 1.88. The molecule has 5 heteroatoms. The molecule has 2 N–H and O–H groups in total. The van der Waals surface area contributed by atoms with Crippen molar-refractivity contribution in [1.29, 1.82) is 0 Å². The maximum Gasteiger partial charge on any atom is 0.325 e. The Balaban J connectivity index is 0. The molecule has 2 heterocycles. The van der Waals surface area contributed by atoms with Gasteiger partial charge in [-0.1, -0.05) is 0 Å². The number of rotatable bonds is 0. The van der Waals surface area contributed by atoms with Gasteiger partial charge in [0.1, 0.15) is 0 Å². The predicted molar refractivity (Wildman–Crippen MR) is 56.1 cm³/mol. The zero-order chi connectivity index (χ0) is 7.84. The van der Waals surface area contributed by atoms with E-state index in [2.05, 4.69) is 15.0 Å². The lowest BCUT2D eigenvalue weighted by atomic mass is 10.3. The van der Waals surface area contributed by atoms with E-state index in [1.165, 1.54) is 0 Å². The number of imidazole rings is 1. The van der Waals surface area contributed by atoms with Crippen LogP contribution in [-0.4, -0.2) is 15.0 Å². The van der Waals surface area contributed by atoms with Crippen molar-refractivity contribution in [3.8, 4) is 0 Å². The molecule has 4 nitrogen and oxygen atoms in total. The first-order valence-electron chi connectivity index (χ1n) is 3.30. The molecule has 2 aromatic rings. The second kappa shape index (κ2) is 3.02. The van der Waals surface area contributed by atoms with Gasteiger partial charge < -0.3 is 4.98 Å². The quantitative estimate of drug-likeness (QED) is 0.650. The number of aryl methyl sites for hydroxylation is 1. The first-order chi connectivity index (χ1) is 5.25. The summed E-state index contributed by atoms with van der Waals surface area (Å²) in [4.78, 5) is 20.0. The molecule has 0 radical (unpaired) electrons. The molecule has 2 rings (SSSR count). The molecule has 0 atom stereocenters. The summed E-state index contributed by atoms with van der Waals surface area (Å²) in [5.41, 5.74) is 2.20. The summed E-state index contributed by atoms with van der Waals surface area (Å²) in [7, 11) is 0. The van der Waals surface area contributed by atoms with Crippen molar-refractivity contribution >= 4 is 24.7 Å². The van der Waals surface area contributed by atoms with E-state index < -0.39 is 0 Å². The Hall–Kier alpha value is -1.23. The number of aromatic nitrogens is 3. The minimum Gasteiger partial charge on any atom is -0.304 e. The van der Waals surface area contributed by atoms with E-state index in [1.54, 1.807) is 6.20 Å². The van der Waals surface area contributed by atoms with E-state index in [4.69, 9.17) is 0 Å². The van der Waals surface area contributed by atoms with Gasteiger partial charge >= 0.3 is 5.69 Å². The van der Waals surface area contributed by atoms with Crippen molar-refractivity contribution < 1.29 is 2.85 Å². The lowest BCUT2D eigenvalue weighted by Gasteiger charge is -1.88. The van der Waals surface area contributed by atoms with Crippen LogP contribution in [0.4, 0.5) is 0 Å². The molecular formula is C7H13N3OS. The number of pyridine rings is 1. The van der Waals surface area contributed by atoms with Gasteiger partial charge in [0.15, 0.2) is 5.65 Å². The maximum atomic E-state index is 10.7. The van der Waals surface area contributed by atoms with Crippen molar-refractivity contribution in [2.24, 2.45) is 0 Å². The standard InChI is InChI=1S/C7H7N3O.H2S.2H2/c1-4-2-5-6(8-3-4)10-7(11)9-5;;;/h2-3H,1H3,(H2,8,9,10,11);1H2;2*1H. The summed E-state index contributed by atoms with van der Waals surface area (Å²) >= 11 is 0. The first kappa shape index (κ1) is 8.86. The van der Waals surface area contributed by atoms with E-state index >= 15 is 0 Å². The minimum atomic E-state index is -0.210. The average Bonchev–Trinajstić information content (AvgIpc) is 2.27. The average molecular weight is 187 g/mol. The molecule has 0 saturated carbocycles. The molecule has 0 aliphatic heterocycles. The van der Waals surface area contributed by atoms with Gasteiger partial charge in [0.2, 0.25) is 0 Å². The van der Waals surface area contributed by atoms with Crippen molar-refractivity contribution in [3.05, 3.63) is 28.3 Å². The number of hydrogen-bond donors (Lipinski definition) is 2. The number of hydrogen-bond acceptors (Lipinski definition) is 2. The van der Waals surface area contributed by atoms with E-state index in [9.17, 15) is 4.79 Å². The van der Waals surface area contributed by atoms with E-state index in [1.807, 2.05) is 13.0 Å². The third-order valence-corrected chi connectivity index (χ3v) is 1.50. The summed E-state index contributed by atoms with van der Waals surface area (Å²) < 4.78 is 0. The second-order valence-corrected chi connectivity index (χ2v) is 2.49. The van der Waals surface area contributed by atoms with Crippen molar-refractivity contribution in [1.82, 2.24) is 15.0 Å². The van der Waals surface area contributed by atoms with Crippen LogP contribution in [0, 0.1) is 6.92 Å². The van der Waals surface area contributed by atoms with Gasteiger partial charge in [0, 0.05) is 9.05 Å². The number of H-pyrrole nitrogens is 2. The van der Waals surface area contributed by atoms with Crippen LogP contribution < -0.4 is 5.69 Å². The minimum absolute atomic E-state index is 0. The van der Waals surface area contributed by atoms with Crippen LogP contribution in [0.3, 0.4) is 0 Å². The third-order valence-electron chi connectivity index (χ3n) is 1.50. The van der Waals surface area contributed by atoms with Crippen LogP contribution >= 0.6 is 13.5 Å². The van der Waals surface area contributed by atoms with Gasteiger partial charge in [-0.05, 0) is 18.6 Å². The van der Waals surface area contributed by atoms with Crippen LogP contribution in [0.2, 0.25) is 0 Å². The highest BCUT2D eigenvalue weighted by molar-refractivity contribution is 7.59. The number of nitrogens with zero attached hydrogens (tertiary/aromatic N) is 1. The van der Waals surface area contributed by atoms with E-state index in [-0.39, 0.29) is 22.0 Å². The Morgan fingerprint density at radius 3 is 3.00 bits per heavy atom. The van der Waals surface area contributed by atoms with E-state index in [0.717, 1.165) is 11.1 Å². The lowest BCUT2D eigenvalue weighted by molar-refractivity contribution is 1.20. The first-order valence-corrected chi connectivity index (χ1v) is 3.30. The molecule has 0 saturated heterocycles. The van der Waals surface area contributed by atoms with Gasteiger partial charge in [-0.25, -0.2) is 9.78 Å². The predicted octanol–water partition coefficient (Wildman–Crippen LogP) is 1.16.